The minimum absolute atomic E-state index is 0.251. The van der Waals surface area contributed by atoms with Crippen LogP contribution in [0, 0.1) is 0 Å². The molecule has 0 radical (unpaired) electrons. The topological polar surface area (TPSA) is 75.7 Å². The molecule has 4 rings (SSSR count). The third-order valence-electron chi connectivity index (χ3n) is 5.26. The number of nitrogens with one attached hydrogen (secondary N) is 1. The Kier molecular flexibility index (Phi) is 7.55. The zero-order valence-corrected chi connectivity index (χ0v) is 20.1. The van der Waals surface area contributed by atoms with Gasteiger partial charge in [0.1, 0.15) is 12.3 Å². The zero-order valence-electron chi connectivity index (χ0n) is 18.5. The van der Waals surface area contributed by atoms with Gasteiger partial charge in [-0.3, -0.25) is 19.3 Å². The van der Waals surface area contributed by atoms with Crippen LogP contribution in [0.2, 0.25) is 5.02 Å². The summed E-state index contributed by atoms with van der Waals surface area (Å²) in [5, 5.41) is 4.64. The fourth-order valence-corrected chi connectivity index (χ4v) is 4.47. The van der Waals surface area contributed by atoms with Gasteiger partial charge in [-0.2, -0.15) is 0 Å². The number of imide groups is 1. The Morgan fingerprint density at radius 2 is 1.85 bits per heavy atom. The van der Waals surface area contributed by atoms with E-state index in [1.165, 1.54) is 0 Å². The maximum atomic E-state index is 13.0. The van der Waals surface area contributed by atoms with Gasteiger partial charge in [-0.05, 0) is 65.4 Å². The third-order valence-corrected chi connectivity index (χ3v) is 6.42. The molecule has 1 fully saturated rings. The molecule has 1 N–H and O–H groups in total. The van der Waals surface area contributed by atoms with Crippen molar-refractivity contribution in [1.82, 2.24) is 4.90 Å². The average Bonchev–Trinajstić information content (AvgIpc) is 3.09. The van der Waals surface area contributed by atoms with Gasteiger partial charge in [0.05, 0.1) is 11.5 Å². The van der Waals surface area contributed by atoms with Crippen LogP contribution in [0.25, 0.3) is 16.8 Å². The molecule has 174 valence electrons. The number of benzene rings is 3. The molecule has 1 aliphatic rings. The van der Waals surface area contributed by atoms with Crippen LogP contribution in [0.1, 0.15) is 25.3 Å². The molecule has 6 nitrogen and oxygen atoms in total. The fraction of sp³-hybridized carbons (Fsp3) is 0.192. The summed E-state index contributed by atoms with van der Waals surface area (Å²) in [7, 11) is 0. The number of nitrogens with zero attached hydrogens (tertiary/aromatic N) is 1. The van der Waals surface area contributed by atoms with Crippen LogP contribution < -0.4 is 10.1 Å². The molecule has 34 heavy (non-hydrogen) atoms. The summed E-state index contributed by atoms with van der Waals surface area (Å²) < 4.78 is 5.99. The highest BCUT2D eigenvalue weighted by molar-refractivity contribution is 8.18. The van der Waals surface area contributed by atoms with E-state index in [4.69, 9.17) is 16.3 Å². The highest BCUT2D eigenvalue weighted by Crippen LogP contribution is 2.37. The number of hydrogen-bond acceptors (Lipinski definition) is 5. The van der Waals surface area contributed by atoms with E-state index in [1.807, 2.05) is 36.4 Å². The number of thioether (sulfide) groups is 1. The van der Waals surface area contributed by atoms with Crippen molar-refractivity contribution < 1.29 is 19.1 Å². The number of carbonyl (C=O) groups excluding carboxylic acids is 3. The standard InChI is InChI=1S/C26H23ClN2O4S/c1-2-3-14-33-22-13-8-17-6-4-5-7-20(17)21(22)15-23-25(31)29(26(32)34-23)16-24(30)28-19-11-9-18(27)10-12-19/h4-13,15H,2-3,14,16H2,1H3,(H,28,30)/b23-15-. The Labute approximate surface area is 206 Å². The van der Waals surface area contributed by atoms with Gasteiger partial charge in [-0.25, -0.2) is 0 Å². The predicted molar refractivity (Wildman–Crippen MR) is 137 cm³/mol. The fourth-order valence-electron chi connectivity index (χ4n) is 3.52. The third kappa shape index (κ3) is 5.43. The van der Waals surface area contributed by atoms with Gasteiger partial charge in [-0.1, -0.05) is 55.3 Å². The van der Waals surface area contributed by atoms with Gasteiger partial charge in [0.2, 0.25) is 5.91 Å². The lowest BCUT2D eigenvalue weighted by Crippen LogP contribution is -2.36. The molecule has 0 aromatic heterocycles. The highest BCUT2D eigenvalue weighted by atomic mass is 35.5. The van der Waals surface area contributed by atoms with Crippen molar-refractivity contribution in [2.45, 2.75) is 19.8 Å². The normalized spacial score (nSPS) is 14.8. The number of rotatable bonds is 8. The van der Waals surface area contributed by atoms with Crippen LogP contribution in [0.15, 0.2) is 65.6 Å². The highest BCUT2D eigenvalue weighted by Gasteiger charge is 2.36. The summed E-state index contributed by atoms with van der Waals surface area (Å²) in [4.78, 5) is 39.3. The molecule has 8 heteroatoms. The van der Waals surface area contributed by atoms with E-state index in [-0.39, 0.29) is 11.4 Å². The van der Waals surface area contributed by atoms with E-state index in [0.29, 0.717) is 23.1 Å². The molecule has 0 unspecified atom stereocenters. The van der Waals surface area contributed by atoms with Crippen molar-refractivity contribution in [3.05, 3.63) is 76.2 Å². The first kappa shape index (κ1) is 23.9. The van der Waals surface area contributed by atoms with E-state index < -0.39 is 17.1 Å². The Balaban J connectivity index is 1.57. The minimum Gasteiger partial charge on any atom is -0.493 e. The van der Waals surface area contributed by atoms with Crippen LogP contribution in [-0.2, 0) is 9.59 Å². The van der Waals surface area contributed by atoms with E-state index >= 15 is 0 Å². The van der Waals surface area contributed by atoms with Crippen LogP contribution in [0.5, 0.6) is 5.75 Å². The average molecular weight is 495 g/mol. The van der Waals surface area contributed by atoms with Crippen LogP contribution in [0.3, 0.4) is 0 Å². The van der Waals surface area contributed by atoms with E-state index in [0.717, 1.165) is 45.8 Å². The summed E-state index contributed by atoms with van der Waals surface area (Å²) in [5.74, 6) is -0.326. The Morgan fingerprint density at radius 1 is 1.09 bits per heavy atom. The second kappa shape index (κ2) is 10.8. The monoisotopic (exact) mass is 494 g/mol. The number of fused-ring (bicyclic) bond motifs is 1. The molecular weight excluding hydrogens is 472 g/mol. The van der Waals surface area contributed by atoms with E-state index in [1.54, 1.807) is 30.3 Å². The van der Waals surface area contributed by atoms with Crippen LogP contribution >= 0.6 is 23.4 Å². The van der Waals surface area contributed by atoms with Crippen molar-refractivity contribution in [2.24, 2.45) is 0 Å². The summed E-state index contributed by atoms with van der Waals surface area (Å²) in [5.41, 5.74) is 1.27. The second-order valence-corrected chi connectivity index (χ2v) is 9.15. The first-order valence-corrected chi connectivity index (χ1v) is 12.1. The lowest BCUT2D eigenvalue weighted by atomic mass is 10.0. The van der Waals surface area contributed by atoms with Crippen molar-refractivity contribution in [2.75, 3.05) is 18.5 Å². The Hall–Kier alpha value is -3.29. The van der Waals surface area contributed by atoms with Gasteiger partial charge in [-0.15, -0.1) is 0 Å². The lowest BCUT2D eigenvalue weighted by molar-refractivity contribution is -0.127. The second-order valence-electron chi connectivity index (χ2n) is 7.72. The van der Waals surface area contributed by atoms with E-state index in [2.05, 4.69) is 12.2 Å². The molecule has 1 aliphatic heterocycles. The van der Waals surface area contributed by atoms with Crippen molar-refractivity contribution in [3.63, 3.8) is 0 Å². The van der Waals surface area contributed by atoms with Gasteiger partial charge in [0, 0.05) is 16.3 Å². The summed E-state index contributed by atoms with van der Waals surface area (Å²) in [6, 6.07) is 18.2. The van der Waals surface area contributed by atoms with Gasteiger partial charge in [0.25, 0.3) is 11.1 Å². The number of anilines is 1. The van der Waals surface area contributed by atoms with Crippen molar-refractivity contribution in [1.29, 1.82) is 0 Å². The van der Waals surface area contributed by atoms with Gasteiger partial charge < -0.3 is 10.1 Å². The van der Waals surface area contributed by atoms with Crippen molar-refractivity contribution >= 4 is 63.0 Å². The number of unbranched alkanes of at least 4 members (excludes halogenated alkanes) is 1. The summed E-state index contributed by atoms with van der Waals surface area (Å²) >= 11 is 6.68. The molecule has 0 bridgehead atoms. The Morgan fingerprint density at radius 3 is 2.62 bits per heavy atom. The van der Waals surface area contributed by atoms with Crippen molar-refractivity contribution in [3.8, 4) is 5.75 Å². The van der Waals surface area contributed by atoms with Crippen LogP contribution in [-0.4, -0.2) is 35.1 Å². The van der Waals surface area contributed by atoms with Gasteiger partial charge in [0.15, 0.2) is 0 Å². The number of hydrogen-bond donors (Lipinski definition) is 1. The Bertz CT molecular complexity index is 1270. The smallest absolute Gasteiger partial charge is 0.294 e. The van der Waals surface area contributed by atoms with Gasteiger partial charge >= 0.3 is 0 Å². The largest absolute Gasteiger partial charge is 0.493 e. The SMILES string of the molecule is CCCCOc1ccc2ccccc2c1/C=C1\SC(=O)N(CC(=O)Nc2ccc(Cl)cc2)C1=O. The number of halogens is 1. The molecule has 1 heterocycles. The maximum absolute atomic E-state index is 13.0. The lowest BCUT2D eigenvalue weighted by Gasteiger charge is -2.13. The molecule has 0 saturated carbocycles. The number of carbonyl (C=O) groups is 3. The summed E-state index contributed by atoms with van der Waals surface area (Å²) in [6.45, 7) is 2.27. The molecule has 3 amide bonds. The van der Waals surface area contributed by atoms with Crippen LogP contribution in [0.4, 0.5) is 10.5 Å². The minimum atomic E-state index is -0.506. The molecule has 0 atom stereocenters. The molecule has 3 aromatic carbocycles. The first-order chi connectivity index (χ1) is 16.5. The molecule has 1 saturated heterocycles. The molecule has 3 aromatic rings. The molecule has 0 aliphatic carbocycles. The first-order valence-electron chi connectivity index (χ1n) is 10.9. The molecular formula is C26H23ClN2O4S. The number of amides is 3. The number of ether oxygens (including phenoxy) is 1. The predicted octanol–water partition coefficient (Wildman–Crippen LogP) is 6.35. The summed E-state index contributed by atoms with van der Waals surface area (Å²) in [6.07, 6.45) is 3.59. The zero-order chi connectivity index (χ0) is 24.1. The molecule has 0 spiro atoms. The maximum Gasteiger partial charge on any atom is 0.294 e. The quantitative estimate of drug-likeness (QED) is 0.292. The van der Waals surface area contributed by atoms with E-state index in [9.17, 15) is 14.4 Å².